The zero-order chi connectivity index (χ0) is 21.8. The Bertz CT molecular complexity index is 1080. The minimum absolute atomic E-state index is 0.0667. The molecule has 0 aliphatic carbocycles. The van der Waals surface area contributed by atoms with E-state index in [4.69, 9.17) is 20.3 Å². The molecule has 5 atom stereocenters. The van der Waals surface area contributed by atoms with Crippen LogP contribution in [0.1, 0.15) is 13.2 Å². The number of anilines is 1. The normalized spacial score (nSPS) is 29.9. The number of nitrogen functional groups attached to an aromatic ring is 1. The van der Waals surface area contributed by atoms with Crippen LogP contribution in [0.15, 0.2) is 11.1 Å². The molecule has 0 spiro atoms. The third-order valence-electron chi connectivity index (χ3n) is 4.07. The Morgan fingerprint density at radius 3 is 2.69 bits per heavy atom. The molecule has 8 N–H and O–H groups in total. The van der Waals surface area contributed by atoms with Crippen molar-refractivity contribution in [2.45, 2.75) is 31.0 Å². The van der Waals surface area contributed by atoms with Crippen molar-refractivity contribution in [3.05, 3.63) is 16.7 Å². The number of aliphatic hydroxyl groups is 2. The van der Waals surface area contributed by atoms with Gasteiger partial charge in [-0.15, -0.1) is 0 Å². The van der Waals surface area contributed by atoms with Gasteiger partial charge in [-0.25, -0.2) is 14.1 Å². The molecule has 2 aromatic heterocycles. The molecule has 3 heterocycles. The zero-order valence-electron chi connectivity index (χ0n) is 14.5. The van der Waals surface area contributed by atoms with Crippen LogP contribution in [0.5, 0.6) is 0 Å². The number of nitrogens with one attached hydrogen (secondary N) is 1. The van der Waals surface area contributed by atoms with Crippen molar-refractivity contribution < 1.29 is 47.6 Å². The summed E-state index contributed by atoms with van der Waals surface area (Å²) in [5, 5.41) is 21.0. The first-order valence-electron chi connectivity index (χ1n) is 7.74. The summed E-state index contributed by atoms with van der Waals surface area (Å²) < 4.78 is 36.9. The summed E-state index contributed by atoms with van der Waals surface area (Å²) in [7, 11) is -10.5. The van der Waals surface area contributed by atoms with Crippen LogP contribution in [0.4, 0.5) is 5.95 Å². The van der Waals surface area contributed by atoms with E-state index in [1.54, 1.807) is 0 Å². The number of ether oxygens (including phenoxy) is 1. The van der Waals surface area contributed by atoms with E-state index >= 15 is 0 Å². The van der Waals surface area contributed by atoms with Crippen molar-refractivity contribution in [3.8, 4) is 0 Å². The number of fused-ring (bicyclic) bond motifs is 1. The summed E-state index contributed by atoms with van der Waals surface area (Å²) in [6, 6.07) is 0. The summed E-state index contributed by atoms with van der Waals surface area (Å²) in [5.41, 5.74) is 2.64. The van der Waals surface area contributed by atoms with Gasteiger partial charge < -0.3 is 35.4 Å². The van der Waals surface area contributed by atoms with Crippen LogP contribution in [-0.2, 0) is 22.7 Å². The highest BCUT2D eigenvalue weighted by molar-refractivity contribution is 7.60. The van der Waals surface area contributed by atoms with Crippen molar-refractivity contribution in [3.63, 3.8) is 0 Å². The Labute approximate surface area is 160 Å². The van der Waals surface area contributed by atoms with Crippen LogP contribution >= 0.6 is 15.6 Å². The summed E-state index contributed by atoms with van der Waals surface area (Å²) >= 11 is 0. The lowest BCUT2D eigenvalue weighted by Crippen LogP contribution is -2.44. The summed E-state index contributed by atoms with van der Waals surface area (Å²) in [6.07, 6.45) is -3.41. The maximum absolute atomic E-state index is 11.9. The molecule has 18 heteroatoms. The Morgan fingerprint density at radius 1 is 1.41 bits per heavy atom. The number of nitrogens with two attached hydrogens (primary N) is 1. The maximum atomic E-state index is 11.9. The van der Waals surface area contributed by atoms with E-state index in [2.05, 4.69) is 23.8 Å². The largest absolute Gasteiger partial charge is 0.481 e. The second-order valence-electron chi connectivity index (χ2n) is 6.31. The van der Waals surface area contributed by atoms with Gasteiger partial charge in [-0.2, -0.15) is 9.29 Å². The minimum atomic E-state index is -5.33. The number of nitrogens with zero attached hydrogens (tertiary/aromatic N) is 3. The third-order valence-corrected chi connectivity index (χ3v) is 6.22. The SMILES string of the molecule is CC1(O)C(O)C(COP(=O)(O)OP(=O)(O)O)OC1n1cnc2c(=O)[nH]c(N)nc21. The number of hydrogen-bond donors (Lipinski definition) is 7. The number of imidazole rings is 1. The van der Waals surface area contributed by atoms with E-state index in [1.807, 2.05) is 0 Å². The van der Waals surface area contributed by atoms with Crippen molar-refractivity contribution in [1.82, 2.24) is 19.5 Å². The maximum Gasteiger partial charge on any atom is 0.481 e. The Morgan fingerprint density at radius 2 is 2.07 bits per heavy atom. The molecule has 5 unspecified atom stereocenters. The summed E-state index contributed by atoms with van der Waals surface area (Å²) in [6.45, 7) is 0.291. The molecule has 16 nitrogen and oxygen atoms in total. The van der Waals surface area contributed by atoms with Crippen molar-refractivity contribution >= 4 is 32.8 Å². The fraction of sp³-hybridized carbons (Fsp3) is 0.545. The molecule has 1 aliphatic heterocycles. The first-order chi connectivity index (χ1) is 13.2. The lowest BCUT2D eigenvalue weighted by molar-refractivity contribution is -0.0949. The second-order valence-corrected chi connectivity index (χ2v) is 9.14. The Balaban J connectivity index is 1.85. The average Bonchev–Trinajstić information content (AvgIpc) is 3.04. The monoisotopic (exact) mass is 457 g/mol. The van der Waals surface area contributed by atoms with E-state index in [-0.39, 0.29) is 17.1 Å². The number of aliphatic hydroxyl groups excluding tert-OH is 1. The fourth-order valence-electron chi connectivity index (χ4n) is 2.82. The molecule has 0 radical (unpaired) electrons. The minimum Gasteiger partial charge on any atom is -0.387 e. The van der Waals surface area contributed by atoms with Gasteiger partial charge in [0.1, 0.15) is 17.8 Å². The van der Waals surface area contributed by atoms with Gasteiger partial charge in [-0.3, -0.25) is 18.9 Å². The molecule has 29 heavy (non-hydrogen) atoms. The van der Waals surface area contributed by atoms with Crippen molar-refractivity contribution in [2.75, 3.05) is 12.3 Å². The predicted molar refractivity (Wildman–Crippen MR) is 92.0 cm³/mol. The van der Waals surface area contributed by atoms with E-state index in [0.717, 1.165) is 10.9 Å². The highest BCUT2D eigenvalue weighted by Crippen LogP contribution is 2.57. The van der Waals surface area contributed by atoms with Gasteiger partial charge in [-0.05, 0) is 6.92 Å². The molecule has 0 amide bonds. The third kappa shape index (κ3) is 4.41. The second kappa shape index (κ2) is 7.21. The van der Waals surface area contributed by atoms with Gasteiger partial charge in [-0.1, -0.05) is 0 Å². The van der Waals surface area contributed by atoms with Gasteiger partial charge in [0.25, 0.3) is 5.56 Å². The van der Waals surface area contributed by atoms with Gasteiger partial charge in [0.2, 0.25) is 5.95 Å². The van der Waals surface area contributed by atoms with E-state index in [1.165, 1.54) is 6.92 Å². The first kappa shape index (κ1) is 22.0. The molecular weight excluding hydrogens is 440 g/mol. The lowest BCUT2D eigenvalue weighted by atomic mass is 9.96. The number of aromatic amines is 1. The van der Waals surface area contributed by atoms with Crippen LogP contribution < -0.4 is 11.3 Å². The first-order valence-corrected chi connectivity index (χ1v) is 10.8. The molecule has 0 saturated carbocycles. The van der Waals surface area contributed by atoms with E-state index in [0.29, 0.717) is 0 Å². The molecule has 1 aliphatic rings. The quantitative estimate of drug-likeness (QED) is 0.230. The van der Waals surface area contributed by atoms with Gasteiger partial charge in [0.05, 0.1) is 12.9 Å². The average molecular weight is 457 g/mol. The number of hydrogen-bond acceptors (Lipinski definition) is 11. The molecule has 3 rings (SSSR count). The molecule has 0 aromatic carbocycles. The molecule has 0 bridgehead atoms. The van der Waals surface area contributed by atoms with Crippen LogP contribution in [0.25, 0.3) is 11.2 Å². The lowest BCUT2D eigenvalue weighted by Gasteiger charge is -2.27. The number of aromatic nitrogens is 4. The smallest absolute Gasteiger partial charge is 0.387 e. The molecule has 162 valence electrons. The number of rotatable bonds is 6. The van der Waals surface area contributed by atoms with E-state index < -0.39 is 51.8 Å². The number of phosphoric acid groups is 2. The standard InChI is InChI=1S/C11H17N5O11P2/c1-11(19)6(17)4(2-25-29(23,24)27-28(20,21)22)26-9(11)16-3-13-5-7(16)14-10(12)15-8(5)18/h3-4,6,9,17,19H,2H2,1H3,(H,23,24)(H2,20,21,22)(H3,12,14,15,18). The Hall–Kier alpha value is -1.71. The van der Waals surface area contributed by atoms with E-state index in [9.17, 15) is 29.0 Å². The zero-order valence-corrected chi connectivity index (χ0v) is 16.3. The van der Waals surface area contributed by atoms with Crippen LogP contribution in [0, 0.1) is 0 Å². The summed E-state index contributed by atoms with van der Waals surface area (Å²) in [5.74, 6) is -0.238. The van der Waals surface area contributed by atoms with Gasteiger partial charge in [0, 0.05) is 0 Å². The highest BCUT2D eigenvalue weighted by Gasteiger charge is 2.54. The fourth-order valence-corrected chi connectivity index (χ4v) is 4.42. The van der Waals surface area contributed by atoms with Crippen LogP contribution in [0.3, 0.4) is 0 Å². The molecule has 2 aromatic rings. The molecular formula is C11H17N5O11P2. The number of phosphoric ester groups is 1. The van der Waals surface area contributed by atoms with Gasteiger partial charge in [0.15, 0.2) is 17.4 Å². The predicted octanol–water partition coefficient (Wildman–Crippen LogP) is -2.06. The highest BCUT2D eigenvalue weighted by atomic mass is 31.3. The van der Waals surface area contributed by atoms with Crippen molar-refractivity contribution in [1.29, 1.82) is 0 Å². The van der Waals surface area contributed by atoms with Gasteiger partial charge >= 0.3 is 15.6 Å². The van der Waals surface area contributed by atoms with Crippen molar-refractivity contribution in [2.24, 2.45) is 0 Å². The molecule has 1 fully saturated rings. The van der Waals surface area contributed by atoms with Crippen LogP contribution in [0.2, 0.25) is 0 Å². The summed E-state index contributed by atoms with van der Waals surface area (Å²) in [4.78, 5) is 48.4. The topological polar surface area (TPSA) is 253 Å². The Kier molecular flexibility index (Phi) is 5.47. The number of H-pyrrole nitrogens is 1. The molecule has 1 saturated heterocycles. The van der Waals surface area contributed by atoms with Crippen LogP contribution in [-0.4, -0.2) is 68.8 Å².